The van der Waals surface area contributed by atoms with Crippen LogP contribution in [0.4, 0.5) is 11.4 Å². The molecule has 2 aliphatic carbocycles. The van der Waals surface area contributed by atoms with Gasteiger partial charge in [-0.3, -0.25) is 9.59 Å². The molecule has 2 saturated heterocycles. The topological polar surface area (TPSA) is 82.3 Å². The molecule has 4 aliphatic rings. The van der Waals surface area contributed by atoms with Crippen molar-refractivity contribution < 1.29 is 9.59 Å². The molecular formula is C35H40N4O2. The minimum absolute atomic E-state index is 0.0597. The monoisotopic (exact) mass is 548 g/mol. The van der Waals surface area contributed by atoms with E-state index in [-0.39, 0.29) is 23.9 Å². The van der Waals surface area contributed by atoms with Crippen molar-refractivity contribution in [1.29, 1.82) is 0 Å². The summed E-state index contributed by atoms with van der Waals surface area (Å²) in [4.78, 5) is 25.2. The van der Waals surface area contributed by atoms with Gasteiger partial charge in [-0.05, 0) is 128 Å². The Bertz CT molecular complexity index is 1320. The van der Waals surface area contributed by atoms with Gasteiger partial charge in [-0.25, -0.2) is 0 Å². The molecule has 2 amide bonds. The summed E-state index contributed by atoms with van der Waals surface area (Å²) in [7, 11) is 0. The fraction of sp³-hybridized carbons (Fsp3) is 0.429. The third-order valence-corrected chi connectivity index (χ3v) is 9.88. The van der Waals surface area contributed by atoms with Crippen LogP contribution in [0.2, 0.25) is 0 Å². The van der Waals surface area contributed by atoms with Gasteiger partial charge in [-0.15, -0.1) is 0 Å². The van der Waals surface area contributed by atoms with E-state index in [1.165, 1.54) is 59.1 Å². The highest BCUT2D eigenvalue weighted by atomic mass is 16.2. The number of nitrogens with one attached hydrogen (secondary N) is 4. The quantitative estimate of drug-likeness (QED) is 0.302. The lowest BCUT2D eigenvalue weighted by Gasteiger charge is -2.22. The average molecular weight is 549 g/mol. The van der Waals surface area contributed by atoms with Crippen LogP contribution in [0.3, 0.4) is 0 Å². The summed E-state index contributed by atoms with van der Waals surface area (Å²) in [5, 5.41) is 12.7. The van der Waals surface area contributed by atoms with Crippen molar-refractivity contribution in [1.82, 2.24) is 10.6 Å². The Kier molecular flexibility index (Phi) is 7.13. The molecule has 41 heavy (non-hydrogen) atoms. The van der Waals surface area contributed by atoms with E-state index in [9.17, 15) is 9.59 Å². The maximum absolute atomic E-state index is 12.6. The molecule has 4 N–H and O–H groups in total. The van der Waals surface area contributed by atoms with Gasteiger partial charge in [-0.1, -0.05) is 49.2 Å². The second-order valence-corrected chi connectivity index (χ2v) is 12.6. The second kappa shape index (κ2) is 11.1. The molecule has 0 bridgehead atoms. The van der Waals surface area contributed by atoms with Gasteiger partial charge < -0.3 is 21.3 Å². The Morgan fingerprint density at radius 1 is 0.610 bits per heavy atom. The van der Waals surface area contributed by atoms with Gasteiger partial charge in [-0.2, -0.15) is 0 Å². The summed E-state index contributed by atoms with van der Waals surface area (Å²) in [5.74, 6) is 0.119. The Hall–Kier alpha value is -3.48. The highest BCUT2D eigenvalue weighted by Crippen LogP contribution is 2.53. The van der Waals surface area contributed by atoms with Crippen molar-refractivity contribution >= 4 is 23.2 Å². The first kappa shape index (κ1) is 26.4. The molecule has 0 radical (unpaired) electrons. The van der Waals surface area contributed by atoms with Gasteiger partial charge in [0.25, 0.3) is 0 Å². The number of benzene rings is 3. The van der Waals surface area contributed by atoms with E-state index >= 15 is 0 Å². The number of amides is 2. The zero-order chi connectivity index (χ0) is 27.8. The van der Waals surface area contributed by atoms with Crippen LogP contribution < -0.4 is 21.3 Å². The smallest absolute Gasteiger partial charge is 0.241 e. The van der Waals surface area contributed by atoms with Crippen molar-refractivity contribution in [3.8, 4) is 22.3 Å². The molecule has 0 unspecified atom stereocenters. The molecule has 2 heterocycles. The first-order valence-corrected chi connectivity index (χ1v) is 15.5. The summed E-state index contributed by atoms with van der Waals surface area (Å²) < 4.78 is 0. The van der Waals surface area contributed by atoms with Crippen molar-refractivity contribution in [2.45, 2.75) is 76.3 Å². The minimum atomic E-state index is -0.0808. The van der Waals surface area contributed by atoms with Crippen LogP contribution in [-0.2, 0) is 22.4 Å². The standard InChI is InChI=1S/C35H40N4O2/c40-33(31-5-3-19-36-31)38-25-11-7-23(8-12-25)27-15-16-28(30-22-35(21-29(27)30)17-1-2-18-35)24-9-13-26(14-10-24)39-34(41)32-6-4-20-37-32/h7-16,31-32,36-37H,1-6,17-22H2,(H,38,40)(H,39,41)/t31-,32-/m0/s1. The second-order valence-electron chi connectivity index (χ2n) is 12.6. The summed E-state index contributed by atoms with van der Waals surface area (Å²) in [5.41, 5.74) is 10.1. The van der Waals surface area contributed by atoms with E-state index in [4.69, 9.17) is 0 Å². The van der Waals surface area contributed by atoms with E-state index in [1.54, 1.807) is 0 Å². The fourth-order valence-electron chi connectivity index (χ4n) is 7.67. The molecule has 7 rings (SSSR count). The van der Waals surface area contributed by atoms with Crippen molar-refractivity contribution in [3.05, 3.63) is 71.8 Å². The first-order chi connectivity index (χ1) is 20.1. The molecule has 2 atom stereocenters. The van der Waals surface area contributed by atoms with Crippen molar-refractivity contribution in [2.75, 3.05) is 23.7 Å². The van der Waals surface area contributed by atoms with Crippen molar-refractivity contribution in [3.63, 3.8) is 0 Å². The third kappa shape index (κ3) is 5.31. The highest BCUT2D eigenvalue weighted by molar-refractivity contribution is 5.96. The number of hydrogen-bond acceptors (Lipinski definition) is 4. The zero-order valence-corrected chi connectivity index (χ0v) is 23.7. The molecule has 2 aliphatic heterocycles. The molecule has 0 aromatic heterocycles. The van der Waals surface area contributed by atoms with Crippen LogP contribution in [0.5, 0.6) is 0 Å². The highest BCUT2D eigenvalue weighted by Gasteiger charge is 2.41. The van der Waals surface area contributed by atoms with Gasteiger partial charge in [0.2, 0.25) is 11.8 Å². The van der Waals surface area contributed by atoms with E-state index < -0.39 is 0 Å². The number of anilines is 2. The maximum atomic E-state index is 12.6. The van der Waals surface area contributed by atoms with Crippen LogP contribution >= 0.6 is 0 Å². The van der Waals surface area contributed by atoms with Gasteiger partial charge in [0, 0.05) is 11.4 Å². The Morgan fingerprint density at radius 3 is 1.44 bits per heavy atom. The molecule has 1 saturated carbocycles. The van der Waals surface area contributed by atoms with Gasteiger partial charge in [0.1, 0.15) is 0 Å². The van der Waals surface area contributed by atoms with Gasteiger partial charge in [0.05, 0.1) is 12.1 Å². The summed E-state index contributed by atoms with van der Waals surface area (Å²) in [6.07, 6.45) is 11.5. The van der Waals surface area contributed by atoms with Crippen LogP contribution in [0.15, 0.2) is 60.7 Å². The van der Waals surface area contributed by atoms with E-state index in [2.05, 4.69) is 57.7 Å². The van der Waals surface area contributed by atoms with Gasteiger partial charge in [0.15, 0.2) is 0 Å². The van der Waals surface area contributed by atoms with Crippen LogP contribution in [0.1, 0.15) is 62.5 Å². The minimum Gasteiger partial charge on any atom is -0.325 e. The Labute approximate surface area is 242 Å². The molecule has 1 spiro atoms. The zero-order valence-electron chi connectivity index (χ0n) is 23.7. The third-order valence-electron chi connectivity index (χ3n) is 9.88. The molecule has 6 nitrogen and oxygen atoms in total. The Balaban J connectivity index is 1.15. The van der Waals surface area contributed by atoms with Crippen LogP contribution in [0.25, 0.3) is 22.3 Å². The maximum Gasteiger partial charge on any atom is 0.241 e. The van der Waals surface area contributed by atoms with E-state index in [0.717, 1.165) is 63.0 Å². The summed E-state index contributed by atoms with van der Waals surface area (Å²) in [6, 6.07) is 21.2. The number of carbonyl (C=O) groups excluding carboxylic acids is 2. The van der Waals surface area contributed by atoms with E-state index in [0.29, 0.717) is 5.41 Å². The SMILES string of the molecule is O=C(Nc1ccc(-c2ccc(-c3ccc(NC(=O)[C@@H]4CCCN4)cc3)c3c2CC2(CCCC2)C3)cc1)[C@@H]1CCCN1. The molecule has 3 fully saturated rings. The molecule has 6 heteroatoms. The largest absolute Gasteiger partial charge is 0.325 e. The number of carbonyl (C=O) groups is 2. The molecule has 3 aromatic rings. The van der Waals surface area contributed by atoms with E-state index in [1.807, 2.05) is 24.3 Å². The van der Waals surface area contributed by atoms with Crippen molar-refractivity contribution in [2.24, 2.45) is 5.41 Å². The van der Waals surface area contributed by atoms with Gasteiger partial charge >= 0.3 is 0 Å². The molecule has 3 aromatic carbocycles. The predicted octanol–water partition coefficient (Wildman–Crippen LogP) is 6.06. The average Bonchev–Trinajstić information content (AvgIpc) is 3.82. The molecular weight excluding hydrogens is 508 g/mol. The number of rotatable bonds is 6. The summed E-state index contributed by atoms with van der Waals surface area (Å²) in [6.45, 7) is 1.83. The summed E-state index contributed by atoms with van der Waals surface area (Å²) >= 11 is 0. The Morgan fingerprint density at radius 2 is 1.05 bits per heavy atom. The lowest BCUT2D eigenvalue weighted by atomic mass is 9.82. The number of hydrogen-bond donors (Lipinski definition) is 4. The predicted molar refractivity (Wildman–Crippen MR) is 165 cm³/mol. The van der Waals surface area contributed by atoms with Crippen LogP contribution in [0, 0.1) is 5.41 Å². The first-order valence-electron chi connectivity index (χ1n) is 15.5. The normalized spacial score (nSPS) is 22.6. The number of fused-ring (bicyclic) bond motifs is 1. The molecule has 212 valence electrons. The van der Waals surface area contributed by atoms with Crippen LogP contribution in [-0.4, -0.2) is 37.0 Å². The lowest BCUT2D eigenvalue weighted by molar-refractivity contribution is -0.118. The fourth-order valence-corrected chi connectivity index (χ4v) is 7.67. The lowest BCUT2D eigenvalue weighted by Crippen LogP contribution is -2.35.